The van der Waals surface area contributed by atoms with Crippen molar-refractivity contribution in [2.45, 2.75) is 23.6 Å². The van der Waals surface area contributed by atoms with Crippen molar-refractivity contribution in [1.82, 2.24) is 4.40 Å². The molecule has 0 spiro atoms. The Balaban J connectivity index is 2.34. The minimum absolute atomic E-state index is 0.0276. The van der Waals surface area contributed by atoms with Gasteiger partial charge in [-0.2, -0.15) is 0 Å². The van der Waals surface area contributed by atoms with Gasteiger partial charge in [-0.15, -0.1) is 0 Å². The van der Waals surface area contributed by atoms with Crippen LogP contribution in [0.2, 0.25) is 0 Å². The van der Waals surface area contributed by atoms with Crippen LogP contribution in [-0.2, 0) is 9.84 Å². The second-order valence-electron chi connectivity index (χ2n) is 5.02. The molecule has 3 rings (SSSR count). The number of rotatable bonds is 2. The Morgan fingerprint density at radius 1 is 1.05 bits per heavy atom. The summed E-state index contributed by atoms with van der Waals surface area (Å²) < 4.78 is 40.8. The molecule has 21 heavy (non-hydrogen) atoms. The number of halogens is 1. The van der Waals surface area contributed by atoms with Crippen molar-refractivity contribution in [3.8, 4) is 0 Å². The standard InChI is InChI=1S/C16H14FNO2S/c1-11-10-18-12(2)5-3-8-15(18)16(11)21(19,20)14-7-4-6-13(17)9-14/h3-10H,1-2H3. The maximum Gasteiger partial charge on any atom is 0.209 e. The maximum atomic E-state index is 13.3. The summed E-state index contributed by atoms with van der Waals surface area (Å²) >= 11 is 0. The predicted molar refractivity (Wildman–Crippen MR) is 78.7 cm³/mol. The van der Waals surface area contributed by atoms with Crippen LogP contribution in [0.1, 0.15) is 11.3 Å². The number of aromatic nitrogens is 1. The van der Waals surface area contributed by atoms with Crippen LogP contribution in [-0.4, -0.2) is 12.8 Å². The number of hydrogen-bond donors (Lipinski definition) is 0. The zero-order valence-corrected chi connectivity index (χ0v) is 12.5. The Morgan fingerprint density at radius 2 is 1.76 bits per heavy atom. The van der Waals surface area contributed by atoms with Gasteiger partial charge >= 0.3 is 0 Å². The molecule has 2 heterocycles. The molecule has 0 bridgehead atoms. The van der Waals surface area contributed by atoms with E-state index in [0.717, 1.165) is 11.8 Å². The molecule has 0 saturated carbocycles. The minimum Gasteiger partial charge on any atom is -0.320 e. The number of pyridine rings is 1. The van der Waals surface area contributed by atoms with Crippen LogP contribution >= 0.6 is 0 Å². The number of aryl methyl sites for hydroxylation is 2. The predicted octanol–water partition coefficient (Wildman–Crippen LogP) is 3.53. The van der Waals surface area contributed by atoms with Gasteiger partial charge in [0.05, 0.1) is 10.4 Å². The zero-order chi connectivity index (χ0) is 15.2. The van der Waals surface area contributed by atoms with E-state index in [4.69, 9.17) is 0 Å². The van der Waals surface area contributed by atoms with Crippen LogP contribution in [0.3, 0.4) is 0 Å². The zero-order valence-electron chi connectivity index (χ0n) is 11.7. The molecule has 3 nitrogen and oxygen atoms in total. The highest BCUT2D eigenvalue weighted by molar-refractivity contribution is 7.91. The van der Waals surface area contributed by atoms with Crippen LogP contribution in [0.25, 0.3) is 5.52 Å². The van der Waals surface area contributed by atoms with E-state index in [1.807, 2.05) is 23.5 Å². The van der Waals surface area contributed by atoms with Gasteiger partial charge in [0, 0.05) is 11.9 Å². The number of benzene rings is 1. The van der Waals surface area contributed by atoms with Crippen molar-refractivity contribution in [3.63, 3.8) is 0 Å². The molecule has 0 amide bonds. The second kappa shape index (κ2) is 4.70. The minimum atomic E-state index is -3.75. The molecule has 0 aliphatic carbocycles. The van der Waals surface area contributed by atoms with Crippen LogP contribution < -0.4 is 0 Å². The maximum absolute atomic E-state index is 13.3. The highest BCUT2D eigenvalue weighted by Gasteiger charge is 2.24. The molecule has 0 aliphatic heterocycles. The molecule has 0 unspecified atom stereocenters. The third-order valence-electron chi connectivity index (χ3n) is 3.52. The fraction of sp³-hybridized carbons (Fsp3) is 0.125. The van der Waals surface area contributed by atoms with Crippen LogP contribution in [0.5, 0.6) is 0 Å². The van der Waals surface area contributed by atoms with E-state index in [2.05, 4.69) is 0 Å². The number of hydrogen-bond acceptors (Lipinski definition) is 2. The van der Waals surface area contributed by atoms with E-state index in [9.17, 15) is 12.8 Å². The lowest BCUT2D eigenvalue weighted by Gasteiger charge is -2.06. The first-order chi connectivity index (χ1) is 9.91. The monoisotopic (exact) mass is 303 g/mol. The van der Waals surface area contributed by atoms with Gasteiger partial charge in [0.25, 0.3) is 0 Å². The SMILES string of the molecule is Cc1cn2c(C)cccc2c1S(=O)(=O)c1cccc(F)c1. The van der Waals surface area contributed by atoms with Crippen molar-refractivity contribution in [2.75, 3.05) is 0 Å². The van der Waals surface area contributed by atoms with E-state index >= 15 is 0 Å². The molecule has 0 fully saturated rings. The van der Waals surface area contributed by atoms with E-state index in [1.54, 1.807) is 19.2 Å². The Hall–Kier alpha value is -2.14. The highest BCUT2D eigenvalue weighted by atomic mass is 32.2. The fourth-order valence-corrected chi connectivity index (χ4v) is 4.22. The van der Waals surface area contributed by atoms with Gasteiger partial charge in [0.1, 0.15) is 10.7 Å². The number of sulfone groups is 1. The van der Waals surface area contributed by atoms with E-state index in [-0.39, 0.29) is 9.79 Å². The lowest BCUT2D eigenvalue weighted by atomic mass is 10.3. The summed E-state index contributed by atoms with van der Waals surface area (Å²) in [5.41, 5.74) is 2.20. The van der Waals surface area contributed by atoms with Gasteiger partial charge in [0.15, 0.2) is 0 Å². The topological polar surface area (TPSA) is 38.5 Å². The molecular weight excluding hydrogens is 289 g/mol. The molecule has 2 aromatic heterocycles. The Morgan fingerprint density at radius 3 is 2.48 bits per heavy atom. The summed E-state index contributed by atoms with van der Waals surface area (Å²) in [5, 5.41) is 0. The second-order valence-corrected chi connectivity index (χ2v) is 6.91. The van der Waals surface area contributed by atoms with E-state index in [0.29, 0.717) is 11.1 Å². The smallest absolute Gasteiger partial charge is 0.209 e. The van der Waals surface area contributed by atoms with Gasteiger partial charge in [-0.1, -0.05) is 12.1 Å². The van der Waals surface area contributed by atoms with Crippen LogP contribution in [0, 0.1) is 19.7 Å². The summed E-state index contributed by atoms with van der Waals surface area (Å²) in [5.74, 6) is -0.562. The molecule has 108 valence electrons. The summed E-state index contributed by atoms with van der Waals surface area (Å²) in [6, 6.07) is 10.6. The van der Waals surface area contributed by atoms with Crippen LogP contribution in [0.4, 0.5) is 4.39 Å². The fourth-order valence-electron chi connectivity index (χ4n) is 2.54. The highest BCUT2D eigenvalue weighted by Crippen LogP contribution is 2.30. The molecule has 0 atom stereocenters. The molecule has 5 heteroatoms. The average molecular weight is 303 g/mol. The van der Waals surface area contributed by atoms with E-state index < -0.39 is 15.7 Å². The Kier molecular flexibility index (Phi) is 3.10. The number of fused-ring (bicyclic) bond motifs is 1. The van der Waals surface area contributed by atoms with Gasteiger partial charge in [-0.05, 0) is 49.7 Å². The van der Waals surface area contributed by atoms with Crippen molar-refractivity contribution in [3.05, 3.63) is 65.7 Å². The third-order valence-corrected chi connectivity index (χ3v) is 5.46. The van der Waals surface area contributed by atoms with Gasteiger partial charge in [-0.3, -0.25) is 0 Å². The summed E-state index contributed by atoms with van der Waals surface area (Å²) in [4.78, 5) is 0.206. The van der Waals surface area contributed by atoms with Gasteiger partial charge in [-0.25, -0.2) is 12.8 Å². The van der Waals surface area contributed by atoms with Crippen molar-refractivity contribution < 1.29 is 12.8 Å². The van der Waals surface area contributed by atoms with Gasteiger partial charge in [0.2, 0.25) is 9.84 Å². The average Bonchev–Trinajstić information content (AvgIpc) is 2.77. The molecule has 1 aromatic carbocycles. The first-order valence-electron chi connectivity index (χ1n) is 6.49. The largest absolute Gasteiger partial charge is 0.320 e. The summed E-state index contributed by atoms with van der Waals surface area (Å²) in [7, 11) is -3.75. The van der Waals surface area contributed by atoms with Crippen molar-refractivity contribution in [2.24, 2.45) is 0 Å². The molecule has 0 N–H and O–H groups in total. The number of nitrogens with zero attached hydrogens (tertiary/aromatic N) is 1. The first-order valence-corrected chi connectivity index (χ1v) is 7.97. The Bertz CT molecular complexity index is 942. The lowest BCUT2D eigenvalue weighted by molar-refractivity contribution is 0.591. The summed E-state index contributed by atoms with van der Waals surface area (Å²) in [6.45, 7) is 3.66. The third kappa shape index (κ3) is 2.14. The normalized spacial score (nSPS) is 12.0. The van der Waals surface area contributed by atoms with Crippen molar-refractivity contribution >= 4 is 15.4 Å². The molecule has 0 saturated heterocycles. The van der Waals surface area contributed by atoms with E-state index in [1.165, 1.54) is 18.2 Å². The molecular formula is C16H14FNO2S. The van der Waals surface area contributed by atoms with Gasteiger partial charge < -0.3 is 4.40 Å². The first kappa shape index (κ1) is 13.8. The summed E-state index contributed by atoms with van der Waals surface area (Å²) in [6.07, 6.45) is 1.79. The lowest BCUT2D eigenvalue weighted by Crippen LogP contribution is -2.03. The molecule has 0 radical (unpaired) electrons. The molecule has 3 aromatic rings. The van der Waals surface area contributed by atoms with Crippen LogP contribution in [0.15, 0.2) is 58.5 Å². The quantitative estimate of drug-likeness (QED) is 0.726. The molecule has 0 aliphatic rings. The Labute approximate surface area is 122 Å². The van der Waals surface area contributed by atoms with Crippen molar-refractivity contribution in [1.29, 1.82) is 0 Å².